The SMILES string of the molecule is CC1(C)CCc2c([nH]c(=S)[nH]c2=O)C(C)(C)C1. The van der Waals surface area contributed by atoms with Gasteiger partial charge in [0.25, 0.3) is 5.56 Å². The third-order valence-corrected chi connectivity index (χ3v) is 3.89. The lowest BCUT2D eigenvalue weighted by molar-refractivity contribution is 0.249. The van der Waals surface area contributed by atoms with Crippen LogP contribution in [0.25, 0.3) is 0 Å². The minimum absolute atomic E-state index is 0.0190. The summed E-state index contributed by atoms with van der Waals surface area (Å²) in [4.78, 5) is 17.9. The molecule has 0 bridgehead atoms. The number of hydrogen-bond donors (Lipinski definition) is 2. The summed E-state index contributed by atoms with van der Waals surface area (Å²) in [6.07, 6.45) is 2.92. The molecule has 94 valence electrons. The Morgan fingerprint density at radius 3 is 2.47 bits per heavy atom. The predicted octanol–water partition coefficient (Wildman–Crippen LogP) is 3.07. The van der Waals surface area contributed by atoms with Crippen LogP contribution in [0.15, 0.2) is 4.79 Å². The molecule has 1 aliphatic rings. The first-order valence-electron chi connectivity index (χ1n) is 6.07. The third-order valence-electron chi connectivity index (χ3n) is 3.69. The highest BCUT2D eigenvalue weighted by Crippen LogP contribution is 2.42. The molecule has 0 amide bonds. The van der Waals surface area contributed by atoms with Crippen molar-refractivity contribution in [2.24, 2.45) is 5.41 Å². The van der Waals surface area contributed by atoms with Crippen LogP contribution in [-0.4, -0.2) is 9.97 Å². The van der Waals surface area contributed by atoms with Gasteiger partial charge in [-0.3, -0.25) is 9.78 Å². The molecule has 17 heavy (non-hydrogen) atoms. The van der Waals surface area contributed by atoms with Crippen LogP contribution in [-0.2, 0) is 11.8 Å². The van der Waals surface area contributed by atoms with Crippen molar-refractivity contribution in [2.45, 2.75) is 52.4 Å². The summed E-state index contributed by atoms with van der Waals surface area (Å²) in [7, 11) is 0. The summed E-state index contributed by atoms with van der Waals surface area (Å²) >= 11 is 5.08. The van der Waals surface area contributed by atoms with Crippen LogP contribution in [0.5, 0.6) is 0 Å². The molecule has 0 spiro atoms. The molecule has 1 heterocycles. The van der Waals surface area contributed by atoms with E-state index in [9.17, 15) is 4.79 Å². The largest absolute Gasteiger partial charge is 0.335 e. The Hall–Kier alpha value is -0.900. The molecular formula is C13H20N2OS. The molecule has 2 N–H and O–H groups in total. The molecule has 4 heteroatoms. The highest BCUT2D eigenvalue weighted by molar-refractivity contribution is 7.71. The topological polar surface area (TPSA) is 48.6 Å². The van der Waals surface area contributed by atoms with E-state index >= 15 is 0 Å². The molecule has 0 aliphatic heterocycles. The molecule has 1 aromatic rings. The second kappa shape index (κ2) is 3.80. The van der Waals surface area contributed by atoms with Crippen LogP contribution in [0.2, 0.25) is 0 Å². The minimum Gasteiger partial charge on any atom is -0.335 e. The smallest absolute Gasteiger partial charge is 0.255 e. The molecule has 0 saturated carbocycles. The van der Waals surface area contributed by atoms with Crippen LogP contribution in [0.1, 0.15) is 51.8 Å². The molecule has 2 rings (SSSR count). The van der Waals surface area contributed by atoms with Crippen LogP contribution >= 0.6 is 12.2 Å². The highest BCUT2D eigenvalue weighted by atomic mass is 32.1. The molecule has 1 aliphatic carbocycles. The van der Waals surface area contributed by atoms with Gasteiger partial charge in [-0.25, -0.2) is 0 Å². The van der Waals surface area contributed by atoms with Gasteiger partial charge in [-0.15, -0.1) is 0 Å². The highest BCUT2D eigenvalue weighted by Gasteiger charge is 2.36. The van der Waals surface area contributed by atoms with Gasteiger partial charge >= 0.3 is 0 Å². The first kappa shape index (κ1) is 12.6. The fourth-order valence-corrected chi connectivity index (χ4v) is 3.36. The Morgan fingerprint density at radius 1 is 1.18 bits per heavy atom. The van der Waals surface area contributed by atoms with Gasteiger partial charge in [0.15, 0.2) is 4.77 Å². The van der Waals surface area contributed by atoms with Gasteiger partial charge in [-0.2, -0.15) is 0 Å². The second-order valence-electron chi connectivity index (χ2n) is 6.49. The summed E-state index contributed by atoms with van der Waals surface area (Å²) in [5.41, 5.74) is 2.11. The van der Waals surface area contributed by atoms with Crippen LogP contribution in [0, 0.1) is 10.2 Å². The van der Waals surface area contributed by atoms with Gasteiger partial charge in [0.2, 0.25) is 0 Å². The molecule has 0 saturated heterocycles. The fourth-order valence-electron chi connectivity index (χ4n) is 3.17. The molecule has 3 nitrogen and oxygen atoms in total. The molecule has 0 unspecified atom stereocenters. The maximum Gasteiger partial charge on any atom is 0.255 e. The zero-order valence-corrected chi connectivity index (χ0v) is 11.8. The van der Waals surface area contributed by atoms with Crippen molar-refractivity contribution < 1.29 is 0 Å². The lowest BCUT2D eigenvalue weighted by Gasteiger charge is -2.32. The van der Waals surface area contributed by atoms with E-state index in [0.29, 0.717) is 4.77 Å². The number of aromatic amines is 2. The summed E-state index contributed by atoms with van der Waals surface area (Å²) in [6, 6.07) is 0. The lowest BCUT2D eigenvalue weighted by atomic mass is 9.74. The number of aromatic nitrogens is 2. The Labute approximate surface area is 107 Å². The zero-order valence-electron chi connectivity index (χ0n) is 10.9. The van der Waals surface area contributed by atoms with Crippen LogP contribution in [0.4, 0.5) is 0 Å². The average molecular weight is 252 g/mol. The first-order chi connectivity index (χ1) is 7.71. The summed E-state index contributed by atoms with van der Waals surface area (Å²) < 4.78 is 0.432. The molecule has 1 aromatic heterocycles. The number of hydrogen-bond acceptors (Lipinski definition) is 2. The van der Waals surface area contributed by atoms with Crippen molar-refractivity contribution in [2.75, 3.05) is 0 Å². The Kier molecular flexibility index (Phi) is 2.81. The number of fused-ring (bicyclic) bond motifs is 1. The standard InChI is InChI=1S/C13H20N2OS/c1-12(2)6-5-8-9(13(3,4)7-12)14-11(17)15-10(8)16/h5-7H2,1-4H3,(H2,14,15,16,17). The monoisotopic (exact) mass is 252 g/mol. The van der Waals surface area contributed by atoms with E-state index in [-0.39, 0.29) is 16.4 Å². The lowest BCUT2D eigenvalue weighted by Crippen LogP contribution is -2.28. The van der Waals surface area contributed by atoms with Crippen molar-refractivity contribution in [1.82, 2.24) is 9.97 Å². The molecular weight excluding hydrogens is 232 g/mol. The van der Waals surface area contributed by atoms with Gasteiger partial charge in [0.05, 0.1) is 0 Å². The zero-order chi connectivity index (χ0) is 12.8. The molecule has 0 atom stereocenters. The second-order valence-corrected chi connectivity index (χ2v) is 6.89. The van der Waals surface area contributed by atoms with Crippen molar-refractivity contribution in [3.63, 3.8) is 0 Å². The normalized spacial score (nSPS) is 21.6. The van der Waals surface area contributed by atoms with Gasteiger partial charge in [-0.1, -0.05) is 27.7 Å². The summed E-state index contributed by atoms with van der Waals surface area (Å²) in [5.74, 6) is 0. The van der Waals surface area contributed by atoms with E-state index in [0.717, 1.165) is 30.5 Å². The van der Waals surface area contributed by atoms with E-state index in [2.05, 4.69) is 37.7 Å². The van der Waals surface area contributed by atoms with Crippen molar-refractivity contribution in [3.8, 4) is 0 Å². The number of H-pyrrole nitrogens is 2. The minimum atomic E-state index is -0.0306. The maximum absolute atomic E-state index is 12.0. The van der Waals surface area contributed by atoms with Gasteiger partial charge in [0, 0.05) is 16.7 Å². The van der Waals surface area contributed by atoms with E-state index in [1.54, 1.807) is 0 Å². The number of nitrogens with one attached hydrogen (secondary N) is 2. The summed E-state index contributed by atoms with van der Waals surface area (Å²) in [6.45, 7) is 8.90. The van der Waals surface area contributed by atoms with Gasteiger partial charge in [-0.05, 0) is 36.9 Å². The number of rotatable bonds is 0. The quantitative estimate of drug-likeness (QED) is 0.550. The predicted molar refractivity (Wildman–Crippen MR) is 72.0 cm³/mol. The first-order valence-corrected chi connectivity index (χ1v) is 6.48. The van der Waals surface area contributed by atoms with E-state index in [4.69, 9.17) is 12.2 Å². The van der Waals surface area contributed by atoms with Crippen molar-refractivity contribution >= 4 is 12.2 Å². The average Bonchev–Trinajstić information content (AvgIpc) is 2.20. The molecule has 0 aromatic carbocycles. The Bertz CT molecular complexity index is 551. The molecule has 0 fully saturated rings. The van der Waals surface area contributed by atoms with Crippen LogP contribution in [0.3, 0.4) is 0 Å². The van der Waals surface area contributed by atoms with E-state index < -0.39 is 0 Å². The van der Waals surface area contributed by atoms with E-state index in [1.807, 2.05) is 0 Å². The summed E-state index contributed by atoms with van der Waals surface area (Å²) in [5, 5.41) is 0. The maximum atomic E-state index is 12.0. The van der Waals surface area contributed by atoms with Crippen molar-refractivity contribution in [1.29, 1.82) is 0 Å². The van der Waals surface area contributed by atoms with Crippen molar-refractivity contribution in [3.05, 3.63) is 26.4 Å². The Morgan fingerprint density at radius 2 is 1.82 bits per heavy atom. The van der Waals surface area contributed by atoms with Gasteiger partial charge < -0.3 is 4.98 Å². The molecule has 0 radical (unpaired) electrons. The Balaban J connectivity index is 2.68. The van der Waals surface area contributed by atoms with Gasteiger partial charge in [0.1, 0.15) is 0 Å². The third kappa shape index (κ3) is 2.37. The fraction of sp³-hybridized carbons (Fsp3) is 0.692. The van der Waals surface area contributed by atoms with E-state index in [1.165, 1.54) is 0 Å². The van der Waals surface area contributed by atoms with Crippen LogP contribution < -0.4 is 5.56 Å².